The Hall–Kier alpha value is -1.11. The van der Waals surface area contributed by atoms with Crippen LogP contribution in [0.5, 0.6) is 0 Å². The second kappa shape index (κ2) is 5.66. The Balaban J connectivity index is 4.03. The van der Waals surface area contributed by atoms with E-state index in [0.29, 0.717) is 0 Å². The van der Waals surface area contributed by atoms with Crippen LogP contribution in [0.2, 0.25) is 0 Å². The van der Waals surface area contributed by atoms with Crippen LogP contribution in [0.3, 0.4) is 0 Å². The maximum Gasteiger partial charge on any atom is 0.143 e. The molecule has 0 aromatic heterocycles. The van der Waals surface area contributed by atoms with Gasteiger partial charge >= 0.3 is 0 Å². The first-order valence-corrected chi connectivity index (χ1v) is 3.60. The van der Waals surface area contributed by atoms with Crippen LogP contribution < -0.4 is 0 Å². The first-order chi connectivity index (χ1) is 5.16. The van der Waals surface area contributed by atoms with Gasteiger partial charge in [-0.25, -0.2) is 0 Å². The summed E-state index contributed by atoms with van der Waals surface area (Å²) >= 11 is 0. The maximum atomic E-state index is 9.99. The van der Waals surface area contributed by atoms with E-state index in [-0.39, 0.29) is 0 Å². The average Bonchev–Trinajstić information content (AvgIpc) is 1.87. The molecule has 0 spiro atoms. The van der Waals surface area contributed by atoms with Crippen LogP contribution in [0.15, 0.2) is 35.5 Å². The number of hydrogen-bond acceptors (Lipinski definition) is 1. The molecule has 1 heteroatoms. The van der Waals surface area contributed by atoms with Crippen molar-refractivity contribution in [2.75, 3.05) is 0 Å². The Morgan fingerprint density at radius 3 is 2.18 bits per heavy atom. The smallest absolute Gasteiger partial charge is 0.143 e. The van der Waals surface area contributed by atoms with Crippen molar-refractivity contribution in [3.8, 4) is 0 Å². The fourth-order valence-corrected chi connectivity index (χ4v) is 0.555. The summed E-state index contributed by atoms with van der Waals surface area (Å²) in [7, 11) is 0. The van der Waals surface area contributed by atoms with E-state index in [0.717, 1.165) is 11.9 Å². The van der Waals surface area contributed by atoms with E-state index >= 15 is 0 Å². The van der Waals surface area contributed by atoms with Crippen molar-refractivity contribution >= 4 is 6.29 Å². The monoisotopic (exact) mass is 150 g/mol. The van der Waals surface area contributed by atoms with Gasteiger partial charge in [-0.15, -0.1) is 0 Å². The van der Waals surface area contributed by atoms with E-state index < -0.39 is 0 Å². The molecule has 0 aliphatic rings. The van der Waals surface area contributed by atoms with Crippen LogP contribution in [0, 0.1) is 0 Å². The summed E-state index contributed by atoms with van der Waals surface area (Å²) in [6, 6.07) is 0. The molecule has 0 atom stereocenters. The lowest BCUT2D eigenvalue weighted by molar-refractivity contribution is -0.104. The molecule has 0 heterocycles. The molecule has 0 saturated carbocycles. The van der Waals surface area contributed by atoms with Gasteiger partial charge in [0.1, 0.15) is 6.29 Å². The van der Waals surface area contributed by atoms with Gasteiger partial charge in [0.15, 0.2) is 0 Å². The lowest BCUT2D eigenvalue weighted by Crippen LogP contribution is -1.68. The predicted octanol–water partition coefficient (Wildman–Crippen LogP) is 2.65. The Bertz CT molecular complexity index is 203. The summed E-state index contributed by atoms with van der Waals surface area (Å²) in [6.07, 6.45) is 8.17. The zero-order valence-corrected chi connectivity index (χ0v) is 7.29. The Morgan fingerprint density at radius 2 is 1.73 bits per heavy atom. The molecule has 11 heavy (non-hydrogen) atoms. The zero-order valence-electron chi connectivity index (χ0n) is 7.29. The summed E-state index contributed by atoms with van der Waals surface area (Å²) < 4.78 is 0. The fourth-order valence-electron chi connectivity index (χ4n) is 0.555. The van der Waals surface area contributed by atoms with Crippen molar-refractivity contribution < 1.29 is 4.79 Å². The molecule has 0 bridgehead atoms. The van der Waals surface area contributed by atoms with Crippen LogP contribution in [0.4, 0.5) is 0 Å². The van der Waals surface area contributed by atoms with Gasteiger partial charge in [0.05, 0.1) is 0 Å². The van der Waals surface area contributed by atoms with Gasteiger partial charge in [-0.2, -0.15) is 0 Å². The van der Waals surface area contributed by atoms with E-state index in [1.807, 2.05) is 39.0 Å². The van der Waals surface area contributed by atoms with Crippen molar-refractivity contribution in [2.45, 2.75) is 20.8 Å². The molecule has 0 unspecified atom stereocenters. The van der Waals surface area contributed by atoms with Crippen molar-refractivity contribution in [3.05, 3.63) is 35.5 Å². The highest BCUT2D eigenvalue weighted by Gasteiger charge is 1.77. The van der Waals surface area contributed by atoms with Crippen LogP contribution in [0.1, 0.15) is 20.8 Å². The minimum absolute atomic E-state index is 0.794. The third-order valence-electron chi connectivity index (χ3n) is 1.12. The highest BCUT2D eigenvalue weighted by atomic mass is 16.1. The number of carbonyl (C=O) groups is 1. The minimum Gasteiger partial charge on any atom is -0.299 e. The lowest BCUT2D eigenvalue weighted by Gasteiger charge is -1.85. The molecule has 0 amide bonds. The van der Waals surface area contributed by atoms with Gasteiger partial charge in [-0.3, -0.25) is 4.79 Å². The van der Waals surface area contributed by atoms with Crippen LogP contribution in [0.25, 0.3) is 0 Å². The largest absolute Gasteiger partial charge is 0.299 e. The highest BCUT2D eigenvalue weighted by molar-refractivity contribution is 5.66. The summed E-state index contributed by atoms with van der Waals surface area (Å²) in [6.45, 7) is 5.95. The van der Waals surface area contributed by atoms with Gasteiger partial charge in [-0.1, -0.05) is 23.8 Å². The molecule has 1 nitrogen and oxygen atoms in total. The second-order valence-electron chi connectivity index (χ2n) is 2.65. The van der Waals surface area contributed by atoms with Crippen molar-refractivity contribution in [2.24, 2.45) is 0 Å². The summed E-state index contributed by atoms with van der Waals surface area (Å²) in [5.41, 5.74) is 2.22. The Morgan fingerprint density at radius 1 is 1.09 bits per heavy atom. The standard InChI is InChI=1S/C10H14O/c1-9(2)5-4-6-10(3)7-8-11/h4-8H,1-3H3/b6-4-,10-7+. The van der Waals surface area contributed by atoms with Crippen molar-refractivity contribution in [3.63, 3.8) is 0 Å². The van der Waals surface area contributed by atoms with Crippen molar-refractivity contribution in [1.82, 2.24) is 0 Å². The van der Waals surface area contributed by atoms with E-state index in [4.69, 9.17) is 0 Å². The van der Waals surface area contributed by atoms with E-state index in [1.54, 1.807) is 0 Å². The number of aldehydes is 1. The third-order valence-corrected chi connectivity index (χ3v) is 1.12. The maximum absolute atomic E-state index is 9.99. The topological polar surface area (TPSA) is 17.1 Å². The molecule has 0 rings (SSSR count). The Labute approximate surface area is 68.1 Å². The molecule has 0 aliphatic heterocycles. The molecular weight excluding hydrogens is 136 g/mol. The first kappa shape index (κ1) is 9.89. The first-order valence-electron chi connectivity index (χ1n) is 3.60. The molecule has 0 aromatic carbocycles. The van der Waals surface area contributed by atoms with Crippen LogP contribution in [-0.2, 0) is 4.79 Å². The second-order valence-corrected chi connectivity index (χ2v) is 2.65. The molecule has 0 aliphatic carbocycles. The summed E-state index contributed by atoms with van der Waals surface area (Å²) in [5, 5.41) is 0. The molecule has 0 fully saturated rings. The number of carbonyl (C=O) groups excluding carboxylic acids is 1. The molecule has 0 N–H and O–H groups in total. The Kier molecular flexibility index (Phi) is 5.09. The van der Waals surface area contributed by atoms with Crippen molar-refractivity contribution in [1.29, 1.82) is 0 Å². The third kappa shape index (κ3) is 6.78. The quantitative estimate of drug-likeness (QED) is 0.343. The average molecular weight is 150 g/mol. The van der Waals surface area contributed by atoms with Gasteiger partial charge in [0.25, 0.3) is 0 Å². The number of allylic oxidation sites excluding steroid dienone is 6. The van der Waals surface area contributed by atoms with E-state index in [2.05, 4.69) is 0 Å². The molecule has 0 saturated heterocycles. The van der Waals surface area contributed by atoms with Gasteiger partial charge < -0.3 is 0 Å². The van der Waals surface area contributed by atoms with Crippen LogP contribution in [-0.4, -0.2) is 6.29 Å². The highest BCUT2D eigenvalue weighted by Crippen LogP contribution is 1.95. The van der Waals surface area contributed by atoms with E-state index in [9.17, 15) is 4.79 Å². The zero-order chi connectivity index (χ0) is 8.69. The number of hydrogen-bond donors (Lipinski definition) is 0. The summed E-state index contributed by atoms with van der Waals surface area (Å²) in [4.78, 5) is 9.99. The number of rotatable bonds is 3. The molecule has 0 aromatic rings. The minimum atomic E-state index is 0.794. The van der Waals surface area contributed by atoms with E-state index in [1.165, 1.54) is 11.6 Å². The lowest BCUT2D eigenvalue weighted by atomic mass is 10.2. The van der Waals surface area contributed by atoms with Crippen LogP contribution >= 0.6 is 0 Å². The fraction of sp³-hybridized carbons (Fsp3) is 0.300. The molecular formula is C10H14O. The molecule has 60 valence electrons. The SMILES string of the molecule is CC(C)=C/C=C\C(C)=C\C=O. The van der Waals surface area contributed by atoms with Gasteiger partial charge in [0.2, 0.25) is 0 Å². The normalized spacial score (nSPS) is 11.7. The summed E-state index contributed by atoms with van der Waals surface area (Å²) in [5.74, 6) is 0. The van der Waals surface area contributed by atoms with Gasteiger partial charge in [-0.05, 0) is 32.4 Å². The predicted molar refractivity (Wildman–Crippen MR) is 48.4 cm³/mol. The molecule has 0 radical (unpaired) electrons. The van der Waals surface area contributed by atoms with Gasteiger partial charge in [0, 0.05) is 0 Å².